The molecule has 2 heterocycles. The summed E-state index contributed by atoms with van der Waals surface area (Å²) in [6, 6.07) is 5.02. The molecule has 86 valence electrons. The Hall–Kier alpha value is -0.930. The van der Waals surface area contributed by atoms with Gasteiger partial charge >= 0.3 is 0 Å². The number of hydrogen-bond acceptors (Lipinski definition) is 3. The number of aromatic nitrogens is 1. The van der Waals surface area contributed by atoms with Crippen molar-refractivity contribution in [2.24, 2.45) is 5.92 Å². The predicted octanol–water partition coefficient (Wildman–Crippen LogP) is 1.27. The molecule has 0 aromatic carbocycles. The van der Waals surface area contributed by atoms with Gasteiger partial charge in [0.2, 0.25) is 0 Å². The van der Waals surface area contributed by atoms with E-state index in [2.05, 4.69) is 27.3 Å². The maximum absolute atomic E-state index is 4.07. The summed E-state index contributed by atoms with van der Waals surface area (Å²) >= 11 is 0. The van der Waals surface area contributed by atoms with E-state index in [4.69, 9.17) is 0 Å². The molecule has 0 amide bonds. The molecule has 1 saturated heterocycles. The second-order valence-corrected chi connectivity index (χ2v) is 5.04. The Balaban J connectivity index is 1.62. The van der Waals surface area contributed by atoms with Gasteiger partial charge in [-0.25, -0.2) is 0 Å². The first-order valence-corrected chi connectivity index (χ1v) is 6.25. The Morgan fingerprint density at radius 3 is 2.56 bits per heavy atom. The minimum atomic E-state index is 0.758. The first-order chi connectivity index (χ1) is 7.92. The maximum atomic E-state index is 4.07. The number of nitrogens with zero attached hydrogens (tertiary/aromatic N) is 2. The van der Waals surface area contributed by atoms with E-state index in [1.165, 1.54) is 24.9 Å². The molecule has 1 saturated carbocycles. The van der Waals surface area contributed by atoms with E-state index < -0.39 is 0 Å². The smallest absolute Gasteiger partial charge is 0.0349 e. The molecule has 1 aromatic rings. The van der Waals surface area contributed by atoms with Crippen LogP contribution in [0.5, 0.6) is 0 Å². The van der Waals surface area contributed by atoms with Crippen molar-refractivity contribution in [3.63, 3.8) is 0 Å². The molecule has 1 aromatic heterocycles. The summed E-state index contributed by atoms with van der Waals surface area (Å²) in [5, 5.41) is 3.37. The normalized spacial score (nSPS) is 21.1. The van der Waals surface area contributed by atoms with E-state index in [1.54, 1.807) is 0 Å². The van der Waals surface area contributed by atoms with Crippen LogP contribution >= 0.6 is 0 Å². The molecular formula is C13H19N3. The van der Waals surface area contributed by atoms with Crippen molar-refractivity contribution in [1.82, 2.24) is 15.2 Å². The molecule has 2 fully saturated rings. The molecule has 3 nitrogen and oxygen atoms in total. The van der Waals surface area contributed by atoms with Crippen LogP contribution in [0.15, 0.2) is 24.5 Å². The molecule has 1 aliphatic carbocycles. The van der Waals surface area contributed by atoms with E-state index in [0.29, 0.717) is 0 Å². The minimum absolute atomic E-state index is 0.758. The van der Waals surface area contributed by atoms with Crippen LogP contribution in [0.1, 0.15) is 18.4 Å². The lowest BCUT2D eigenvalue weighted by molar-refractivity contribution is 0.131. The molecule has 0 atom stereocenters. The van der Waals surface area contributed by atoms with Gasteiger partial charge in [0.25, 0.3) is 0 Å². The number of hydrogen-bond donors (Lipinski definition) is 1. The maximum Gasteiger partial charge on any atom is 0.0349 e. The third kappa shape index (κ3) is 2.42. The van der Waals surface area contributed by atoms with Crippen LogP contribution in [0.2, 0.25) is 0 Å². The Kier molecular flexibility index (Phi) is 2.89. The average Bonchev–Trinajstić information content (AvgIpc) is 3.00. The Morgan fingerprint density at radius 1 is 1.25 bits per heavy atom. The molecule has 2 aliphatic rings. The standard InChI is InChI=1S/C13H19N3/c1-2-11(1)9-16(13-7-15-8-13)10-12-3-5-14-6-4-12/h3-6,11,13,15H,1-2,7-10H2. The zero-order valence-corrected chi connectivity index (χ0v) is 9.60. The molecule has 16 heavy (non-hydrogen) atoms. The van der Waals surface area contributed by atoms with Crippen molar-refractivity contribution in [2.45, 2.75) is 25.4 Å². The second kappa shape index (κ2) is 4.52. The monoisotopic (exact) mass is 217 g/mol. The first kappa shape index (κ1) is 10.2. The van der Waals surface area contributed by atoms with Gasteiger partial charge in [0.05, 0.1) is 0 Å². The van der Waals surface area contributed by atoms with Crippen LogP contribution < -0.4 is 5.32 Å². The topological polar surface area (TPSA) is 28.2 Å². The molecule has 0 spiro atoms. The lowest BCUT2D eigenvalue weighted by atomic mass is 10.1. The second-order valence-electron chi connectivity index (χ2n) is 5.04. The van der Waals surface area contributed by atoms with Gasteiger partial charge in [-0.05, 0) is 36.5 Å². The van der Waals surface area contributed by atoms with Gasteiger partial charge in [-0.3, -0.25) is 9.88 Å². The summed E-state index contributed by atoms with van der Waals surface area (Å²) in [6.45, 7) is 4.70. The van der Waals surface area contributed by atoms with E-state index in [1.807, 2.05) is 12.4 Å². The quantitative estimate of drug-likeness (QED) is 0.805. The van der Waals surface area contributed by atoms with Gasteiger partial charge in [0, 0.05) is 44.6 Å². The van der Waals surface area contributed by atoms with Crippen LogP contribution in [0.25, 0.3) is 0 Å². The molecule has 3 heteroatoms. The minimum Gasteiger partial charge on any atom is -0.314 e. The van der Waals surface area contributed by atoms with Crippen LogP contribution in [-0.4, -0.2) is 35.6 Å². The van der Waals surface area contributed by atoms with Crippen LogP contribution in [0.3, 0.4) is 0 Å². The highest BCUT2D eigenvalue weighted by molar-refractivity contribution is 5.10. The molecular weight excluding hydrogens is 198 g/mol. The predicted molar refractivity (Wildman–Crippen MR) is 64.0 cm³/mol. The molecule has 0 radical (unpaired) electrons. The highest BCUT2D eigenvalue weighted by Crippen LogP contribution is 2.31. The van der Waals surface area contributed by atoms with Gasteiger partial charge in [-0.1, -0.05) is 0 Å². The lowest BCUT2D eigenvalue weighted by Crippen LogP contribution is -2.57. The van der Waals surface area contributed by atoms with E-state index in [-0.39, 0.29) is 0 Å². The molecule has 1 N–H and O–H groups in total. The zero-order chi connectivity index (χ0) is 10.8. The van der Waals surface area contributed by atoms with Crippen molar-refractivity contribution in [3.05, 3.63) is 30.1 Å². The third-order valence-corrected chi connectivity index (χ3v) is 3.60. The number of nitrogens with one attached hydrogen (secondary N) is 1. The van der Waals surface area contributed by atoms with Crippen molar-refractivity contribution in [2.75, 3.05) is 19.6 Å². The van der Waals surface area contributed by atoms with Crippen molar-refractivity contribution >= 4 is 0 Å². The first-order valence-electron chi connectivity index (χ1n) is 6.25. The zero-order valence-electron chi connectivity index (χ0n) is 9.60. The summed E-state index contributed by atoms with van der Waals surface area (Å²) in [5.41, 5.74) is 1.39. The highest BCUT2D eigenvalue weighted by Gasteiger charge is 2.30. The fraction of sp³-hybridized carbons (Fsp3) is 0.615. The largest absolute Gasteiger partial charge is 0.314 e. The van der Waals surface area contributed by atoms with Crippen molar-refractivity contribution < 1.29 is 0 Å². The number of rotatable bonds is 5. The van der Waals surface area contributed by atoms with Gasteiger partial charge in [0.15, 0.2) is 0 Å². The average molecular weight is 217 g/mol. The number of pyridine rings is 1. The molecule has 1 aliphatic heterocycles. The summed E-state index contributed by atoms with van der Waals surface area (Å²) in [6.07, 6.45) is 6.66. The van der Waals surface area contributed by atoms with Crippen LogP contribution in [0, 0.1) is 5.92 Å². The summed E-state index contributed by atoms with van der Waals surface area (Å²) < 4.78 is 0. The molecule has 0 bridgehead atoms. The Bertz CT molecular complexity index is 330. The van der Waals surface area contributed by atoms with Gasteiger partial charge < -0.3 is 5.32 Å². The third-order valence-electron chi connectivity index (χ3n) is 3.60. The fourth-order valence-electron chi connectivity index (χ4n) is 2.23. The van der Waals surface area contributed by atoms with Crippen LogP contribution in [-0.2, 0) is 6.54 Å². The summed E-state index contributed by atoms with van der Waals surface area (Å²) in [5.74, 6) is 0.974. The van der Waals surface area contributed by atoms with Gasteiger partial charge in [-0.2, -0.15) is 0 Å². The molecule has 0 unspecified atom stereocenters. The molecule has 3 rings (SSSR count). The van der Waals surface area contributed by atoms with E-state index in [0.717, 1.165) is 31.6 Å². The lowest BCUT2D eigenvalue weighted by Gasteiger charge is -2.38. The highest BCUT2D eigenvalue weighted by atomic mass is 15.2. The van der Waals surface area contributed by atoms with Gasteiger partial charge in [-0.15, -0.1) is 0 Å². The fourth-order valence-corrected chi connectivity index (χ4v) is 2.23. The SMILES string of the molecule is c1cc(CN(CC2CC2)C2CNC2)ccn1. The Morgan fingerprint density at radius 2 is 2.00 bits per heavy atom. The van der Waals surface area contributed by atoms with E-state index >= 15 is 0 Å². The van der Waals surface area contributed by atoms with Gasteiger partial charge in [0.1, 0.15) is 0 Å². The van der Waals surface area contributed by atoms with Crippen molar-refractivity contribution in [1.29, 1.82) is 0 Å². The Labute approximate surface area is 96.9 Å². The summed E-state index contributed by atoms with van der Waals surface area (Å²) in [4.78, 5) is 6.72. The van der Waals surface area contributed by atoms with Crippen molar-refractivity contribution in [3.8, 4) is 0 Å². The van der Waals surface area contributed by atoms with Crippen LogP contribution in [0.4, 0.5) is 0 Å². The summed E-state index contributed by atoms with van der Waals surface area (Å²) in [7, 11) is 0. The van der Waals surface area contributed by atoms with E-state index in [9.17, 15) is 0 Å².